The Balaban J connectivity index is 1.43. The maximum atomic E-state index is 12.5. The zero-order chi connectivity index (χ0) is 26.3. The second-order valence-electron chi connectivity index (χ2n) is 12.6. The van der Waals surface area contributed by atoms with Crippen LogP contribution in [0.3, 0.4) is 0 Å². The van der Waals surface area contributed by atoms with Crippen molar-refractivity contribution in [2.75, 3.05) is 19.8 Å². The molecule has 4 fully saturated rings. The molecule has 0 aromatic heterocycles. The number of hydrogen-bond acceptors (Lipinski definition) is 5. The summed E-state index contributed by atoms with van der Waals surface area (Å²) >= 11 is 0. The third-order valence-corrected chi connectivity index (χ3v) is 10.5. The monoisotopic (exact) mass is 510 g/mol. The van der Waals surface area contributed by atoms with E-state index in [1.165, 1.54) is 18.4 Å². The van der Waals surface area contributed by atoms with Gasteiger partial charge in [0.15, 0.2) is 5.79 Å². The Morgan fingerprint density at radius 3 is 2.41 bits per heavy atom. The fourth-order valence-electron chi connectivity index (χ4n) is 8.42. The molecule has 2 unspecified atom stereocenters. The molecule has 0 amide bonds. The average molecular weight is 511 g/mol. The summed E-state index contributed by atoms with van der Waals surface area (Å²) in [5.74, 6) is 1.96. The van der Waals surface area contributed by atoms with Crippen molar-refractivity contribution in [1.29, 1.82) is 0 Å². The third kappa shape index (κ3) is 4.76. The molecule has 1 saturated heterocycles. The number of rotatable bonds is 6. The van der Waals surface area contributed by atoms with Crippen molar-refractivity contribution in [2.45, 2.75) is 91.5 Å². The number of hydrogen-bond donors (Lipinski definition) is 0. The lowest BCUT2D eigenvalue weighted by Gasteiger charge is -2.57. The van der Waals surface area contributed by atoms with Gasteiger partial charge in [0.2, 0.25) is 0 Å². The molecule has 3 saturated carbocycles. The Morgan fingerprint density at radius 2 is 1.73 bits per heavy atom. The molecule has 5 heteroatoms. The lowest BCUT2D eigenvalue weighted by atomic mass is 9.51. The van der Waals surface area contributed by atoms with Crippen molar-refractivity contribution < 1.29 is 23.7 Å². The van der Waals surface area contributed by atoms with Gasteiger partial charge in [0, 0.05) is 30.6 Å². The van der Waals surface area contributed by atoms with Gasteiger partial charge in [0.1, 0.15) is 11.9 Å². The Morgan fingerprint density at radius 1 is 1.03 bits per heavy atom. The van der Waals surface area contributed by atoms with E-state index >= 15 is 0 Å². The summed E-state index contributed by atoms with van der Waals surface area (Å²) in [4.78, 5) is 12.5. The summed E-state index contributed by atoms with van der Waals surface area (Å²) in [5, 5.41) is 0. The third-order valence-electron chi connectivity index (χ3n) is 10.5. The van der Waals surface area contributed by atoms with Crippen LogP contribution < -0.4 is 4.74 Å². The molecular weight excluding hydrogens is 464 g/mol. The molecule has 1 spiro atoms. The minimum absolute atomic E-state index is 0.0723. The summed E-state index contributed by atoms with van der Waals surface area (Å²) in [5.41, 5.74) is 1.15. The van der Waals surface area contributed by atoms with Gasteiger partial charge in [0.05, 0.1) is 19.8 Å². The highest BCUT2D eigenvalue weighted by Crippen LogP contribution is 2.65. The first-order valence-electron chi connectivity index (χ1n) is 14.6. The molecule has 204 valence electrons. The molecule has 0 bridgehead atoms. The molecular formula is C32H46O5. The summed E-state index contributed by atoms with van der Waals surface area (Å²) < 4.78 is 24.5. The van der Waals surface area contributed by atoms with Gasteiger partial charge in [0.25, 0.3) is 0 Å². The molecule has 3 aliphatic carbocycles. The predicted octanol–water partition coefficient (Wildman–Crippen LogP) is 7.04. The number of fused-ring (bicyclic) bond motifs is 2. The van der Waals surface area contributed by atoms with Crippen molar-refractivity contribution >= 4 is 12.0 Å². The van der Waals surface area contributed by atoms with E-state index in [4.69, 9.17) is 18.9 Å². The van der Waals surface area contributed by atoms with Crippen molar-refractivity contribution in [2.24, 2.45) is 34.5 Å². The van der Waals surface area contributed by atoms with Gasteiger partial charge >= 0.3 is 5.97 Å². The van der Waals surface area contributed by atoms with Crippen molar-refractivity contribution in [3.63, 3.8) is 0 Å². The number of carbonyl (C=O) groups is 1. The summed E-state index contributed by atoms with van der Waals surface area (Å²) in [7, 11) is 0. The zero-order valence-electron chi connectivity index (χ0n) is 23.5. The van der Waals surface area contributed by atoms with Crippen LogP contribution in [0.1, 0.15) is 85.1 Å². The van der Waals surface area contributed by atoms with E-state index in [1.54, 1.807) is 6.92 Å². The van der Waals surface area contributed by atoms with Crippen LogP contribution in [0.5, 0.6) is 5.75 Å². The van der Waals surface area contributed by atoms with Crippen LogP contribution in [0.4, 0.5) is 0 Å². The summed E-state index contributed by atoms with van der Waals surface area (Å²) in [6.07, 6.45) is 12.2. The number of esters is 1. The quantitative estimate of drug-likeness (QED) is 0.384. The normalized spacial score (nSPS) is 39.1. The lowest BCUT2D eigenvalue weighted by Crippen LogP contribution is -2.57. The van der Waals surface area contributed by atoms with E-state index in [-0.39, 0.29) is 28.8 Å². The highest BCUT2D eigenvalue weighted by molar-refractivity contribution is 5.66. The molecule has 1 aromatic rings. The van der Waals surface area contributed by atoms with E-state index in [0.717, 1.165) is 37.9 Å². The average Bonchev–Trinajstić information content (AvgIpc) is 3.46. The van der Waals surface area contributed by atoms with Gasteiger partial charge in [-0.25, -0.2) is 0 Å². The van der Waals surface area contributed by atoms with E-state index in [0.29, 0.717) is 37.6 Å². The molecule has 5 nitrogen and oxygen atoms in total. The van der Waals surface area contributed by atoms with Crippen LogP contribution in [0.2, 0.25) is 0 Å². The molecule has 0 N–H and O–H groups in total. The van der Waals surface area contributed by atoms with Crippen LogP contribution in [-0.4, -0.2) is 37.7 Å². The molecule has 1 aliphatic heterocycles. The Labute approximate surface area is 223 Å². The fraction of sp³-hybridized carbons (Fsp3) is 0.719. The second-order valence-corrected chi connectivity index (χ2v) is 12.6. The summed E-state index contributed by atoms with van der Waals surface area (Å²) in [6.45, 7) is 12.8. The number of allylic oxidation sites excluding steroid dienone is 1. The number of carbonyl (C=O) groups excluding carboxylic acids is 1. The first-order chi connectivity index (χ1) is 17.7. The Hall–Kier alpha value is -1.85. The molecule has 5 rings (SSSR count). The molecule has 1 aromatic carbocycles. The van der Waals surface area contributed by atoms with Gasteiger partial charge < -0.3 is 18.9 Å². The first kappa shape index (κ1) is 26.7. The van der Waals surface area contributed by atoms with Gasteiger partial charge in [-0.15, -0.1) is 0 Å². The van der Waals surface area contributed by atoms with Crippen molar-refractivity contribution in [3.05, 3.63) is 35.9 Å². The van der Waals surface area contributed by atoms with Crippen LogP contribution in [0.15, 0.2) is 30.3 Å². The molecule has 1 heterocycles. The van der Waals surface area contributed by atoms with Crippen LogP contribution >= 0.6 is 0 Å². The lowest BCUT2D eigenvalue weighted by molar-refractivity contribution is -0.251. The van der Waals surface area contributed by atoms with Crippen LogP contribution in [-0.2, 0) is 19.0 Å². The zero-order valence-corrected chi connectivity index (χ0v) is 23.5. The smallest absolute Gasteiger partial charge is 0.302 e. The van der Waals surface area contributed by atoms with Crippen LogP contribution in [0, 0.1) is 34.5 Å². The van der Waals surface area contributed by atoms with Crippen molar-refractivity contribution in [3.8, 4) is 5.75 Å². The van der Waals surface area contributed by atoms with Crippen molar-refractivity contribution in [1.82, 2.24) is 0 Å². The van der Waals surface area contributed by atoms with E-state index < -0.39 is 5.79 Å². The minimum Gasteiger partial charge on any atom is -0.494 e. The largest absolute Gasteiger partial charge is 0.494 e. The SMILES string of the molecule is CCOc1ccc(/C=C/[C@H]2C[C@@H](C)CC[C@]2(C)C2CC[C@@]3(C)C(CCC34OCCO4)[C@@H]2OC(C)=O)cc1. The molecule has 37 heavy (non-hydrogen) atoms. The maximum Gasteiger partial charge on any atom is 0.302 e. The highest BCUT2D eigenvalue weighted by atomic mass is 16.7. The predicted molar refractivity (Wildman–Crippen MR) is 145 cm³/mol. The fourth-order valence-corrected chi connectivity index (χ4v) is 8.42. The number of benzene rings is 1. The standard InChI is InChI=1S/C32H46O5/c1-6-34-26-11-8-24(9-12-26)7-10-25-21-22(2)13-16-30(25,4)27-14-17-31(5)28(29(27)37-23(3)33)15-18-32(31)35-19-20-36-32/h7-12,22,25,27-29H,6,13-21H2,1-5H3/b10-7+/t22-,25-,27?,28?,29+,30-,31-/m0/s1. The van der Waals surface area contributed by atoms with E-state index in [2.05, 4.69) is 45.1 Å². The first-order valence-corrected chi connectivity index (χ1v) is 14.6. The topological polar surface area (TPSA) is 54.0 Å². The second kappa shape index (κ2) is 10.4. The van der Waals surface area contributed by atoms with Gasteiger partial charge in [-0.3, -0.25) is 4.79 Å². The Bertz CT molecular complexity index is 979. The Kier molecular flexibility index (Phi) is 7.50. The molecule has 0 radical (unpaired) electrons. The van der Waals surface area contributed by atoms with Gasteiger partial charge in [-0.05, 0) is 74.0 Å². The van der Waals surface area contributed by atoms with E-state index in [9.17, 15) is 4.79 Å². The highest BCUT2D eigenvalue weighted by Gasteiger charge is 2.67. The van der Waals surface area contributed by atoms with Gasteiger partial charge in [-0.1, -0.05) is 51.5 Å². The van der Waals surface area contributed by atoms with Gasteiger partial charge in [-0.2, -0.15) is 0 Å². The van der Waals surface area contributed by atoms with E-state index in [1.807, 2.05) is 19.1 Å². The molecule has 4 aliphatic rings. The maximum absolute atomic E-state index is 12.5. The summed E-state index contributed by atoms with van der Waals surface area (Å²) in [6, 6.07) is 8.37. The molecule has 7 atom stereocenters. The van der Waals surface area contributed by atoms with Crippen LogP contribution in [0.25, 0.3) is 6.08 Å². The number of ether oxygens (including phenoxy) is 4. The minimum atomic E-state index is -0.504.